The molecule has 0 bridgehead atoms. The molecule has 2 N–H and O–H groups in total. The van der Waals surface area contributed by atoms with Crippen LogP contribution < -0.4 is 15.5 Å². The van der Waals surface area contributed by atoms with E-state index in [9.17, 15) is 9.59 Å². The van der Waals surface area contributed by atoms with Crippen molar-refractivity contribution in [3.8, 4) is 0 Å². The molecule has 0 radical (unpaired) electrons. The van der Waals surface area contributed by atoms with Crippen molar-refractivity contribution < 1.29 is 9.59 Å². The van der Waals surface area contributed by atoms with Gasteiger partial charge in [0.05, 0.1) is 11.7 Å². The van der Waals surface area contributed by atoms with Crippen LogP contribution >= 0.6 is 11.8 Å². The fourth-order valence-electron chi connectivity index (χ4n) is 3.45. The quantitative estimate of drug-likeness (QED) is 0.582. The molecule has 2 heterocycles. The average Bonchev–Trinajstić information content (AvgIpc) is 2.81. The molecule has 1 unspecified atom stereocenters. The first-order chi connectivity index (χ1) is 15.0. The van der Waals surface area contributed by atoms with E-state index in [1.807, 2.05) is 43.3 Å². The van der Waals surface area contributed by atoms with E-state index in [1.165, 1.54) is 17.3 Å². The van der Waals surface area contributed by atoms with Crippen LogP contribution in [-0.2, 0) is 16.1 Å². The third-order valence-electron chi connectivity index (χ3n) is 5.25. The molecular formula is C23H31N5O2S. The molecule has 1 atom stereocenters. The van der Waals surface area contributed by atoms with Gasteiger partial charge in [-0.2, -0.15) is 0 Å². The molecule has 1 saturated heterocycles. The summed E-state index contributed by atoms with van der Waals surface area (Å²) in [7, 11) is 0. The number of rotatable bonds is 9. The van der Waals surface area contributed by atoms with Gasteiger partial charge in [0.1, 0.15) is 5.03 Å². The molecule has 1 aromatic heterocycles. The molecule has 1 aliphatic rings. The number of hydrogen-bond acceptors (Lipinski definition) is 6. The third-order valence-corrected chi connectivity index (χ3v) is 6.17. The van der Waals surface area contributed by atoms with Crippen molar-refractivity contribution in [2.24, 2.45) is 5.92 Å². The summed E-state index contributed by atoms with van der Waals surface area (Å²) in [6, 6.07) is 11.9. The second kappa shape index (κ2) is 11.7. The van der Waals surface area contributed by atoms with E-state index in [0.29, 0.717) is 23.9 Å². The number of aryl methyl sites for hydroxylation is 1. The molecule has 2 aromatic rings. The molecule has 3 rings (SSSR count). The first-order valence-electron chi connectivity index (χ1n) is 10.9. The van der Waals surface area contributed by atoms with Crippen LogP contribution in [0.15, 0.2) is 41.4 Å². The lowest BCUT2D eigenvalue weighted by atomic mass is 9.97. The van der Waals surface area contributed by atoms with Gasteiger partial charge in [0.15, 0.2) is 5.82 Å². The molecular weight excluding hydrogens is 410 g/mol. The van der Waals surface area contributed by atoms with Crippen LogP contribution in [0.5, 0.6) is 0 Å². The second-order valence-electron chi connectivity index (χ2n) is 7.86. The van der Waals surface area contributed by atoms with E-state index in [2.05, 4.69) is 32.7 Å². The molecule has 7 nitrogen and oxygen atoms in total. The fourth-order valence-corrected chi connectivity index (χ4v) is 4.09. The highest BCUT2D eigenvalue weighted by atomic mass is 32.2. The predicted molar refractivity (Wildman–Crippen MR) is 124 cm³/mol. The van der Waals surface area contributed by atoms with E-state index >= 15 is 0 Å². The van der Waals surface area contributed by atoms with Crippen LogP contribution in [0.25, 0.3) is 0 Å². The minimum absolute atomic E-state index is 0.00613. The SMILES string of the molecule is CCCNC(=O)C1CCCN(c2ccc(SCC(=O)NCc3ccc(C)cc3)nn2)C1. The third kappa shape index (κ3) is 7.24. The highest BCUT2D eigenvalue weighted by Gasteiger charge is 2.26. The summed E-state index contributed by atoms with van der Waals surface area (Å²) in [6.45, 7) is 6.87. The molecule has 0 saturated carbocycles. The molecule has 166 valence electrons. The molecule has 0 aliphatic carbocycles. The average molecular weight is 442 g/mol. The summed E-state index contributed by atoms with van der Waals surface area (Å²) in [5, 5.41) is 15.2. The van der Waals surface area contributed by atoms with Crippen LogP contribution in [0, 0.1) is 12.8 Å². The lowest BCUT2D eigenvalue weighted by Crippen LogP contribution is -2.43. The Hall–Kier alpha value is -2.61. The predicted octanol–water partition coefficient (Wildman–Crippen LogP) is 2.94. The summed E-state index contributed by atoms with van der Waals surface area (Å²) < 4.78 is 0. The van der Waals surface area contributed by atoms with E-state index in [1.54, 1.807) is 0 Å². The minimum atomic E-state index is -0.0339. The normalized spacial score (nSPS) is 16.1. The minimum Gasteiger partial charge on any atom is -0.356 e. The largest absolute Gasteiger partial charge is 0.356 e. The Morgan fingerprint density at radius 1 is 1.13 bits per heavy atom. The van der Waals surface area contributed by atoms with Crippen molar-refractivity contribution in [3.05, 3.63) is 47.5 Å². The smallest absolute Gasteiger partial charge is 0.230 e. The first kappa shape index (κ1) is 23.1. The van der Waals surface area contributed by atoms with Gasteiger partial charge in [0.25, 0.3) is 0 Å². The zero-order valence-corrected chi connectivity index (χ0v) is 19.1. The summed E-state index contributed by atoms with van der Waals surface area (Å²) in [4.78, 5) is 26.5. The van der Waals surface area contributed by atoms with Crippen molar-refractivity contribution in [2.45, 2.75) is 44.7 Å². The van der Waals surface area contributed by atoms with Crippen LogP contribution in [0.2, 0.25) is 0 Å². The number of anilines is 1. The topological polar surface area (TPSA) is 87.2 Å². The Balaban J connectivity index is 1.44. The van der Waals surface area contributed by atoms with Gasteiger partial charge >= 0.3 is 0 Å². The fraction of sp³-hybridized carbons (Fsp3) is 0.478. The highest BCUT2D eigenvalue weighted by molar-refractivity contribution is 7.99. The van der Waals surface area contributed by atoms with Crippen LogP contribution in [0.1, 0.15) is 37.3 Å². The summed E-state index contributed by atoms with van der Waals surface area (Å²) in [5.74, 6) is 1.16. The van der Waals surface area contributed by atoms with E-state index < -0.39 is 0 Å². The zero-order chi connectivity index (χ0) is 22.1. The molecule has 1 aromatic carbocycles. The standard InChI is InChI=1S/C23H31N5O2S/c1-3-12-24-23(30)19-5-4-13-28(15-19)20-10-11-22(27-26-20)31-16-21(29)25-14-18-8-6-17(2)7-9-18/h6-11,19H,3-5,12-16H2,1-2H3,(H,24,30)(H,25,29). The number of aromatic nitrogens is 2. The maximum atomic E-state index is 12.3. The zero-order valence-electron chi connectivity index (χ0n) is 18.3. The van der Waals surface area contributed by atoms with Gasteiger partial charge in [-0.1, -0.05) is 48.5 Å². The van der Waals surface area contributed by atoms with Crippen molar-refractivity contribution in [1.82, 2.24) is 20.8 Å². The van der Waals surface area contributed by atoms with Crippen molar-refractivity contribution in [2.75, 3.05) is 30.3 Å². The summed E-state index contributed by atoms with van der Waals surface area (Å²) in [5.41, 5.74) is 2.28. The van der Waals surface area contributed by atoms with Gasteiger partial charge in [-0.05, 0) is 43.9 Å². The van der Waals surface area contributed by atoms with Crippen LogP contribution in [0.3, 0.4) is 0 Å². The number of thioether (sulfide) groups is 1. The second-order valence-corrected chi connectivity index (χ2v) is 8.85. The van der Waals surface area contributed by atoms with E-state index in [4.69, 9.17) is 0 Å². The number of carbonyl (C=O) groups excluding carboxylic acids is 2. The molecule has 1 fully saturated rings. The summed E-state index contributed by atoms with van der Waals surface area (Å²) in [6.07, 6.45) is 2.81. The van der Waals surface area contributed by atoms with E-state index in [0.717, 1.165) is 43.7 Å². The Kier molecular flexibility index (Phi) is 8.70. The number of nitrogens with zero attached hydrogens (tertiary/aromatic N) is 3. The van der Waals surface area contributed by atoms with E-state index in [-0.39, 0.29) is 17.7 Å². The Bertz CT molecular complexity index is 857. The number of nitrogens with one attached hydrogen (secondary N) is 2. The molecule has 31 heavy (non-hydrogen) atoms. The monoisotopic (exact) mass is 441 g/mol. The maximum absolute atomic E-state index is 12.3. The maximum Gasteiger partial charge on any atom is 0.230 e. The highest BCUT2D eigenvalue weighted by Crippen LogP contribution is 2.23. The lowest BCUT2D eigenvalue weighted by Gasteiger charge is -2.32. The number of carbonyl (C=O) groups is 2. The van der Waals surface area contributed by atoms with Crippen molar-refractivity contribution in [1.29, 1.82) is 0 Å². The van der Waals surface area contributed by atoms with Gasteiger partial charge in [0, 0.05) is 26.2 Å². The van der Waals surface area contributed by atoms with Gasteiger partial charge in [-0.15, -0.1) is 10.2 Å². The van der Waals surface area contributed by atoms with Crippen LogP contribution in [-0.4, -0.2) is 47.4 Å². The first-order valence-corrected chi connectivity index (χ1v) is 11.8. The lowest BCUT2D eigenvalue weighted by molar-refractivity contribution is -0.125. The van der Waals surface area contributed by atoms with Gasteiger partial charge < -0.3 is 15.5 Å². The molecule has 8 heteroatoms. The van der Waals surface area contributed by atoms with Gasteiger partial charge in [-0.3, -0.25) is 9.59 Å². The Morgan fingerprint density at radius 2 is 1.94 bits per heavy atom. The number of piperidine rings is 1. The molecule has 1 aliphatic heterocycles. The molecule has 0 spiro atoms. The van der Waals surface area contributed by atoms with Gasteiger partial charge in [-0.25, -0.2) is 0 Å². The number of amides is 2. The number of benzene rings is 1. The Labute approximate surface area is 188 Å². The van der Waals surface area contributed by atoms with Crippen molar-refractivity contribution in [3.63, 3.8) is 0 Å². The van der Waals surface area contributed by atoms with Gasteiger partial charge in [0.2, 0.25) is 11.8 Å². The van der Waals surface area contributed by atoms with Crippen molar-refractivity contribution >= 4 is 29.4 Å². The van der Waals surface area contributed by atoms with Crippen LogP contribution in [0.4, 0.5) is 5.82 Å². The summed E-state index contributed by atoms with van der Waals surface area (Å²) >= 11 is 1.37. The molecule has 2 amide bonds. The Morgan fingerprint density at radius 3 is 2.65 bits per heavy atom. The number of hydrogen-bond donors (Lipinski definition) is 2.